The summed E-state index contributed by atoms with van der Waals surface area (Å²) >= 11 is 7.33. The third-order valence-electron chi connectivity index (χ3n) is 4.46. The second-order valence-electron chi connectivity index (χ2n) is 7.13. The highest BCUT2D eigenvalue weighted by atomic mass is 35.5. The van der Waals surface area contributed by atoms with E-state index in [0.29, 0.717) is 11.7 Å². The first-order valence-electron chi connectivity index (χ1n) is 9.56. The lowest BCUT2D eigenvalue weighted by Crippen LogP contribution is -2.39. The van der Waals surface area contributed by atoms with Crippen LogP contribution in [0.25, 0.3) is 10.2 Å². The number of fused-ring (bicyclic) bond motifs is 1. The van der Waals surface area contributed by atoms with Crippen LogP contribution in [0.5, 0.6) is 5.75 Å². The molecule has 0 aliphatic carbocycles. The number of aromatic nitrogens is 1. The summed E-state index contributed by atoms with van der Waals surface area (Å²) in [7, 11) is 0. The summed E-state index contributed by atoms with van der Waals surface area (Å²) in [6, 6.07) is 7.72. The molecule has 0 saturated carbocycles. The minimum atomic E-state index is -4.49. The predicted octanol–water partition coefficient (Wildman–Crippen LogP) is 6.44. The van der Waals surface area contributed by atoms with Gasteiger partial charge in [-0.15, -0.1) is 0 Å². The number of nitrogens with one attached hydrogen (secondary N) is 2. The second-order valence-corrected chi connectivity index (χ2v) is 8.57. The zero-order chi connectivity index (χ0) is 22.8. The van der Waals surface area contributed by atoms with Gasteiger partial charge in [-0.2, -0.15) is 13.2 Å². The van der Waals surface area contributed by atoms with Crippen LogP contribution < -0.4 is 15.4 Å². The number of nitrogens with zero attached hydrogens (tertiary/aromatic N) is 1. The number of rotatable bonds is 7. The number of halogens is 4. The van der Waals surface area contributed by atoms with E-state index in [0.717, 1.165) is 28.1 Å². The molecule has 0 aliphatic heterocycles. The van der Waals surface area contributed by atoms with Crippen LogP contribution in [0, 0.1) is 5.92 Å². The number of thiazole rings is 1. The van der Waals surface area contributed by atoms with E-state index in [-0.39, 0.29) is 22.5 Å². The van der Waals surface area contributed by atoms with Crippen molar-refractivity contribution in [3.8, 4) is 5.75 Å². The second kappa shape index (κ2) is 9.32. The Balaban J connectivity index is 1.77. The molecule has 0 saturated heterocycles. The quantitative estimate of drug-likeness (QED) is 0.416. The lowest BCUT2D eigenvalue weighted by Gasteiger charge is -2.23. The van der Waals surface area contributed by atoms with Gasteiger partial charge in [-0.25, -0.2) is 4.98 Å². The first kappa shape index (κ1) is 23.1. The first-order valence-corrected chi connectivity index (χ1v) is 10.8. The monoisotopic (exact) mass is 471 g/mol. The SMILES string of the molecule is CCOc1ccc2nc(NC(=O)C(Nc3ccc(C(F)(F)F)cc3Cl)C(C)C)sc2c1. The average Bonchev–Trinajstić information content (AvgIpc) is 3.07. The van der Waals surface area contributed by atoms with Gasteiger partial charge in [-0.1, -0.05) is 36.8 Å². The molecule has 0 radical (unpaired) electrons. The van der Waals surface area contributed by atoms with Crippen molar-refractivity contribution in [2.75, 3.05) is 17.2 Å². The molecule has 0 aliphatic rings. The van der Waals surface area contributed by atoms with E-state index in [9.17, 15) is 18.0 Å². The van der Waals surface area contributed by atoms with Gasteiger partial charge < -0.3 is 15.4 Å². The fourth-order valence-electron chi connectivity index (χ4n) is 2.91. The maximum absolute atomic E-state index is 12.9. The zero-order valence-corrected chi connectivity index (χ0v) is 18.6. The van der Waals surface area contributed by atoms with Gasteiger partial charge in [0.15, 0.2) is 5.13 Å². The zero-order valence-electron chi connectivity index (χ0n) is 17.0. The Morgan fingerprint density at radius 1 is 1.23 bits per heavy atom. The molecule has 0 fully saturated rings. The summed E-state index contributed by atoms with van der Waals surface area (Å²) in [6.07, 6.45) is -4.49. The summed E-state index contributed by atoms with van der Waals surface area (Å²) in [4.78, 5) is 17.3. The number of carbonyl (C=O) groups excluding carboxylic acids is 1. The third-order valence-corrected chi connectivity index (χ3v) is 5.70. The van der Waals surface area contributed by atoms with Crippen LogP contribution in [0.2, 0.25) is 5.02 Å². The molecular weight excluding hydrogens is 451 g/mol. The summed E-state index contributed by atoms with van der Waals surface area (Å²) in [5.41, 5.74) is 0.118. The van der Waals surface area contributed by atoms with Crippen molar-refractivity contribution in [3.63, 3.8) is 0 Å². The number of anilines is 2. The van der Waals surface area contributed by atoms with Crippen molar-refractivity contribution in [1.82, 2.24) is 4.98 Å². The smallest absolute Gasteiger partial charge is 0.416 e. The van der Waals surface area contributed by atoms with E-state index in [4.69, 9.17) is 16.3 Å². The van der Waals surface area contributed by atoms with Gasteiger partial charge in [0, 0.05) is 0 Å². The largest absolute Gasteiger partial charge is 0.494 e. The lowest BCUT2D eigenvalue weighted by atomic mass is 10.0. The molecule has 0 spiro atoms. The van der Waals surface area contributed by atoms with Gasteiger partial charge in [0.1, 0.15) is 11.8 Å². The van der Waals surface area contributed by atoms with E-state index in [2.05, 4.69) is 15.6 Å². The average molecular weight is 472 g/mol. The Morgan fingerprint density at radius 3 is 2.58 bits per heavy atom. The maximum Gasteiger partial charge on any atom is 0.416 e. The van der Waals surface area contributed by atoms with Crippen LogP contribution in [-0.4, -0.2) is 23.5 Å². The van der Waals surface area contributed by atoms with E-state index in [1.807, 2.05) is 39.0 Å². The van der Waals surface area contributed by atoms with Crippen molar-refractivity contribution in [2.24, 2.45) is 5.92 Å². The summed E-state index contributed by atoms with van der Waals surface area (Å²) < 4.78 is 44.9. The number of amides is 1. The van der Waals surface area contributed by atoms with Crippen molar-refractivity contribution in [1.29, 1.82) is 0 Å². The minimum Gasteiger partial charge on any atom is -0.494 e. The third kappa shape index (κ3) is 5.59. The summed E-state index contributed by atoms with van der Waals surface area (Å²) in [5.74, 6) is 0.183. The highest BCUT2D eigenvalue weighted by molar-refractivity contribution is 7.22. The Hall–Kier alpha value is -2.52. The highest BCUT2D eigenvalue weighted by Crippen LogP contribution is 2.34. The Morgan fingerprint density at radius 2 is 1.97 bits per heavy atom. The van der Waals surface area contributed by atoms with Crippen LogP contribution >= 0.6 is 22.9 Å². The standard InChI is InChI=1S/C21H21ClF3N3O2S/c1-4-30-13-6-8-16-17(10-13)31-20(27-16)28-19(29)18(11(2)3)26-15-7-5-12(9-14(15)22)21(23,24)25/h5-11,18,26H,4H2,1-3H3,(H,27,28,29). The molecule has 0 bridgehead atoms. The van der Waals surface area contributed by atoms with Crippen molar-refractivity contribution < 1.29 is 22.7 Å². The topological polar surface area (TPSA) is 63.2 Å². The van der Waals surface area contributed by atoms with Crippen LogP contribution in [0.15, 0.2) is 36.4 Å². The first-order chi connectivity index (χ1) is 14.6. The van der Waals surface area contributed by atoms with Gasteiger partial charge in [0.25, 0.3) is 0 Å². The molecule has 1 atom stereocenters. The predicted molar refractivity (Wildman–Crippen MR) is 118 cm³/mol. The Labute approximate surface area is 186 Å². The number of alkyl halides is 3. The van der Waals surface area contributed by atoms with Gasteiger partial charge >= 0.3 is 6.18 Å². The summed E-state index contributed by atoms with van der Waals surface area (Å²) in [5, 5.41) is 6.03. The molecule has 1 amide bonds. The maximum atomic E-state index is 12.9. The molecule has 2 aromatic carbocycles. The summed E-state index contributed by atoms with van der Waals surface area (Å²) in [6.45, 7) is 6.08. The molecule has 10 heteroatoms. The van der Waals surface area contributed by atoms with Crippen molar-refractivity contribution >= 4 is 49.9 Å². The van der Waals surface area contributed by atoms with E-state index in [1.165, 1.54) is 17.4 Å². The normalized spacial score (nSPS) is 12.8. The van der Waals surface area contributed by atoms with E-state index < -0.39 is 17.8 Å². The van der Waals surface area contributed by atoms with Crippen LogP contribution in [0.4, 0.5) is 24.0 Å². The fraction of sp³-hybridized carbons (Fsp3) is 0.333. The van der Waals surface area contributed by atoms with Gasteiger partial charge in [0.05, 0.1) is 33.1 Å². The molecular formula is C21H21ClF3N3O2S. The molecule has 5 nitrogen and oxygen atoms in total. The number of benzene rings is 2. The molecule has 3 rings (SSSR count). The molecule has 1 unspecified atom stereocenters. The Bertz CT molecular complexity index is 1090. The van der Waals surface area contributed by atoms with Crippen LogP contribution in [-0.2, 0) is 11.0 Å². The van der Waals surface area contributed by atoms with Crippen LogP contribution in [0.3, 0.4) is 0 Å². The number of hydrogen-bond acceptors (Lipinski definition) is 5. The van der Waals surface area contributed by atoms with Crippen molar-refractivity contribution in [3.05, 3.63) is 47.0 Å². The van der Waals surface area contributed by atoms with Gasteiger partial charge in [0.2, 0.25) is 5.91 Å². The molecule has 166 valence electrons. The number of ether oxygens (including phenoxy) is 1. The highest BCUT2D eigenvalue weighted by Gasteiger charge is 2.31. The molecule has 2 N–H and O–H groups in total. The molecule has 31 heavy (non-hydrogen) atoms. The molecule has 3 aromatic rings. The molecule has 1 aromatic heterocycles. The van der Waals surface area contributed by atoms with Gasteiger partial charge in [-0.05, 0) is 49.2 Å². The lowest BCUT2D eigenvalue weighted by molar-refractivity contribution is -0.137. The fourth-order valence-corrected chi connectivity index (χ4v) is 4.04. The van der Waals surface area contributed by atoms with Crippen LogP contribution in [0.1, 0.15) is 26.3 Å². The minimum absolute atomic E-state index is 0.114. The van der Waals surface area contributed by atoms with Crippen molar-refractivity contribution in [2.45, 2.75) is 33.0 Å². The Kier molecular flexibility index (Phi) is 6.96. The van der Waals surface area contributed by atoms with Gasteiger partial charge in [-0.3, -0.25) is 4.79 Å². The van der Waals surface area contributed by atoms with E-state index >= 15 is 0 Å². The number of carbonyl (C=O) groups is 1. The molecule has 1 heterocycles. The van der Waals surface area contributed by atoms with E-state index in [1.54, 1.807) is 0 Å². The number of hydrogen-bond donors (Lipinski definition) is 2.